The summed E-state index contributed by atoms with van der Waals surface area (Å²) in [6, 6.07) is 14.3. The Hall–Kier alpha value is -2.04. The van der Waals surface area contributed by atoms with Crippen molar-refractivity contribution in [2.75, 3.05) is 0 Å². The van der Waals surface area contributed by atoms with Gasteiger partial charge in [0.15, 0.2) is 0 Å². The third kappa shape index (κ3) is 4.45. The first-order valence-electron chi connectivity index (χ1n) is 9.08. The molecule has 0 heterocycles. The molecule has 2 aromatic rings. The number of carbonyl (C=O) groups is 2. The molecule has 0 unspecified atom stereocenters. The van der Waals surface area contributed by atoms with Crippen LogP contribution in [-0.2, 0) is 9.59 Å². The maximum atomic E-state index is 13.2. The Balaban J connectivity index is 1.95. The lowest BCUT2D eigenvalue weighted by molar-refractivity contribution is -0.132. The van der Waals surface area contributed by atoms with E-state index in [0.717, 1.165) is 30.4 Å². The molecule has 2 N–H and O–H groups in total. The van der Waals surface area contributed by atoms with Crippen LogP contribution in [0.4, 0.5) is 0 Å². The van der Waals surface area contributed by atoms with Crippen LogP contribution in [0.15, 0.2) is 48.5 Å². The highest BCUT2D eigenvalue weighted by atomic mass is 35.5. The zero-order valence-corrected chi connectivity index (χ0v) is 16.4. The Morgan fingerprint density at radius 3 is 2.30 bits per heavy atom. The van der Waals surface area contributed by atoms with Crippen LogP contribution in [0.3, 0.4) is 0 Å². The SMILES string of the molecule is O=CNC1(C(=O)N[C@H](c2ccc(Cl)cc2)c2ccccc2Cl)CCCCC1. The summed E-state index contributed by atoms with van der Waals surface area (Å²) < 4.78 is 0. The molecule has 1 atom stereocenters. The second-order valence-electron chi connectivity index (χ2n) is 6.88. The molecule has 27 heavy (non-hydrogen) atoms. The first-order valence-corrected chi connectivity index (χ1v) is 9.83. The third-order valence-electron chi connectivity index (χ3n) is 5.17. The lowest BCUT2D eigenvalue weighted by Gasteiger charge is -2.36. The van der Waals surface area contributed by atoms with Gasteiger partial charge >= 0.3 is 0 Å². The third-order valence-corrected chi connectivity index (χ3v) is 5.77. The molecular formula is C21H22Cl2N2O2. The molecule has 1 saturated carbocycles. The predicted molar refractivity (Wildman–Crippen MR) is 108 cm³/mol. The molecule has 0 aromatic heterocycles. The fourth-order valence-electron chi connectivity index (χ4n) is 3.68. The first-order chi connectivity index (χ1) is 13.1. The van der Waals surface area contributed by atoms with E-state index in [-0.39, 0.29) is 5.91 Å². The van der Waals surface area contributed by atoms with Crippen LogP contribution >= 0.6 is 23.2 Å². The van der Waals surface area contributed by atoms with Crippen LogP contribution in [-0.4, -0.2) is 17.9 Å². The Labute approximate surface area is 169 Å². The van der Waals surface area contributed by atoms with Crippen LogP contribution < -0.4 is 10.6 Å². The number of hydrogen-bond acceptors (Lipinski definition) is 2. The summed E-state index contributed by atoms with van der Waals surface area (Å²) in [5, 5.41) is 7.09. The Morgan fingerprint density at radius 1 is 1.00 bits per heavy atom. The molecule has 1 aliphatic rings. The number of amides is 2. The summed E-state index contributed by atoms with van der Waals surface area (Å²) in [6.45, 7) is 0. The van der Waals surface area contributed by atoms with Crippen LogP contribution in [0.2, 0.25) is 10.0 Å². The van der Waals surface area contributed by atoms with Crippen molar-refractivity contribution in [3.05, 3.63) is 69.7 Å². The number of carbonyl (C=O) groups excluding carboxylic acids is 2. The van der Waals surface area contributed by atoms with Crippen molar-refractivity contribution in [1.82, 2.24) is 10.6 Å². The molecule has 142 valence electrons. The minimum absolute atomic E-state index is 0.186. The van der Waals surface area contributed by atoms with Crippen molar-refractivity contribution < 1.29 is 9.59 Å². The van der Waals surface area contributed by atoms with E-state index in [0.29, 0.717) is 29.3 Å². The van der Waals surface area contributed by atoms with Gasteiger partial charge in [-0.1, -0.05) is 72.8 Å². The fraction of sp³-hybridized carbons (Fsp3) is 0.333. The van der Waals surface area contributed by atoms with Crippen LogP contribution in [0.25, 0.3) is 0 Å². The second kappa shape index (κ2) is 8.77. The molecule has 2 amide bonds. The summed E-state index contributed by atoms with van der Waals surface area (Å²) in [7, 11) is 0. The molecule has 0 spiro atoms. The van der Waals surface area contributed by atoms with Gasteiger partial charge in [0, 0.05) is 10.0 Å². The highest BCUT2D eigenvalue weighted by Crippen LogP contribution is 2.32. The molecule has 3 rings (SSSR count). The molecule has 2 aromatic carbocycles. The van der Waals surface area contributed by atoms with Gasteiger partial charge in [-0.05, 0) is 42.2 Å². The summed E-state index contributed by atoms with van der Waals surface area (Å²) in [5.74, 6) is -0.186. The van der Waals surface area contributed by atoms with Crippen molar-refractivity contribution in [3.8, 4) is 0 Å². The van der Waals surface area contributed by atoms with Gasteiger partial charge in [-0.3, -0.25) is 9.59 Å². The average Bonchev–Trinajstić information content (AvgIpc) is 2.68. The maximum Gasteiger partial charge on any atom is 0.246 e. The van der Waals surface area contributed by atoms with Crippen molar-refractivity contribution >= 4 is 35.5 Å². The van der Waals surface area contributed by atoms with Crippen LogP contribution in [0.1, 0.15) is 49.3 Å². The molecule has 0 saturated heterocycles. The largest absolute Gasteiger partial charge is 0.344 e. The van der Waals surface area contributed by atoms with Crippen molar-refractivity contribution in [2.45, 2.75) is 43.7 Å². The van der Waals surface area contributed by atoms with E-state index in [1.165, 1.54) is 0 Å². The second-order valence-corrected chi connectivity index (χ2v) is 7.73. The topological polar surface area (TPSA) is 58.2 Å². The number of nitrogens with one attached hydrogen (secondary N) is 2. The van der Waals surface area contributed by atoms with Gasteiger partial charge in [0.25, 0.3) is 0 Å². The number of benzene rings is 2. The Morgan fingerprint density at radius 2 is 1.67 bits per heavy atom. The predicted octanol–water partition coefficient (Wildman–Crippen LogP) is 4.65. The highest BCUT2D eigenvalue weighted by Gasteiger charge is 2.40. The molecule has 1 aliphatic carbocycles. The average molecular weight is 405 g/mol. The minimum Gasteiger partial charge on any atom is -0.344 e. The Kier molecular flexibility index (Phi) is 6.40. The summed E-state index contributed by atoms with van der Waals surface area (Å²) in [6.07, 6.45) is 4.77. The molecule has 6 heteroatoms. The monoisotopic (exact) mass is 404 g/mol. The van der Waals surface area contributed by atoms with Gasteiger partial charge in [0.2, 0.25) is 12.3 Å². The van der Waals surface area contributed by atoms with Gasteiger partial charge < -0.3 is 10.6 Å². The van der Waals surface area contributed by atoms with Gasteiger partial charge in [0.1, 0.15) is 5.54 Å². The van der Waals surface area contributed by atoms with E-state index < -0.39 is 11.6 Å². The van der Waals surface area contributed by atoms with E-state index in [9.17, 15) is 9.59 Å². The van der Waals surface area contributed by atoms with Gasteiger partial charge in [-0.15, -0.1) is 0 Å². The molecular weight excluding hydrogens is 383 g/mol. The van der Waals surface area contributed by atoms with Gasteiger partial charge in [0.05, 0.1) is 6.04 Å². The molecule has 4 nitrogen and oxygen atoms in total. The zero-order chi connectivity index (χ0) is 19.3. The maximum absolute atomic E-state index is 13.2. The fourth-order valence-corrected chi connectivity index (χ4v) is 4.05. The number of halogens is 2. The summed E-state index contributed by atoms with van der Waals surface area (Å²) in [4.78, 5) is 24.4. The zero-order valence-electron chi connectivity index (χ0n) is 14.9. The lowest BCUT2D eigenvalue weighted by atomic mass is 9.80. The first kappa shape index (κ1) is 19.7. The van der Waals surface area contributed by atoms with Gasteiger partial charge in [-0.25, -0.2) is 0 Å². The van der Waals surface area contributed by atoms with E-state index in [4.69, 9.17) is 23.2 Å². The molecule has 0 radical (unpaired) electrons. The standard InChI is InChI=1S/C21H22Cl2N2O2/c22-16-10-8-15(9-11-16)19(17-6-2-3-7-18(17)23)25-20(27)21(24-14-26)12-4-1-5-13-21/h2-3,6-11,14,19H,1,4-5,12-13H2,(H,24,26)(H,25,27)/t19-/m1/s1. The molecule has 0 bridgehead atoms. The normalized spacial score (nSPS) is 17.0. The quantitative estimate of drug-likeness (QED) is 0.688. The van der Waals surface area contributed by atoms with Crippen LogP contribution in [0, 0.1) is 0 Å². The van der Waals surface area contributed by atoms with Crippen molar-refractivity contribution in [3.63, 3.8) is 0 Å². The van der Waals surface area contributed by atoms with E-state index in [1.807, 2.05) is 30.3 Å². The van der Waals surface area contributed by atoms with E-state index in [2.05, 4.69) is 10.6 Å². The van der Waals surface area contributed by atoms with Gasteiger partial charge in [-0.2, -0.15) is 0 Å². The highest BCUT2D eigenvalue weighted by molar-refractivity contribution is 6.31. The van der Waals surface area contributed by atoms with E-state index >= 15 is 0 Å². The van der Waals surface area contributed by atoms with Crippen molar-refractivity contribution in [1.29, 1.82) is 0 Å². The molecule has 1 fully saturated rings. The minimum atomic E-state index is -0.869. The van der Waals surface area contributed by atoms with Crippen LogP contribution in [0.5, 0.6) is 0 Å². The lowest BCUT2D eigenvalue weighted by Crippen LogP contribution is -2.58. The number of rotatable bonds is 6. The number of hydrogen-bond donors (Lipinski definition) is 2. The Bertz CT molecular complexity index is 802. The van der Waals surface area contributed by atoms with Crippen molar-refractivity contribution in [2.24, 2.45) is 0 Å². The summed E-state index contributed by atoms with van der Waals surface area (Å²) >= 11 is 12.4. The smallest absolute Gasteiger partial charge is 0.246 e. The summed E-state index contributed by atoms with van der Waals surface area (Å²) in [5.41, 5.74) is 0.802. The van der Waals surface area contributed by atoms with E-state index in [1.54, 1.807) is 18.2 Å². The molecule has 0 aliphatic heterocycles.